The highest BCUT2D eigenvalue weighted by Crippen LogP contribution is 2.24. The van der Waals surface area contributed by atoms with Crippen molar-refractivity contribution in [3.05, 3.63) is 59.2 Å². The molecule has 0 aliphatic heterocycles. The van der Waals surface area contributed by atoms with Crippen LogP contribution in [-0.2, 0) is 6.42 Å². The van der Waals surface area contributed by atoms with Crippen molar-refractivity contribution in [1.29, 1.82) is 0 Å². The normalized spacial score (nSPS) is 10.3. The zero-order valence-electron chi connectivity index (χ0n) is 13.4. The van der Waals surface area contributed by atoms with Gasteiger partial charge >= 0.3 is 0 Å². The quantitative estimate of drug-likeness (QED) is 0.716. The molecule has 0 bridgehead atoms. The molecule has 3 heteroatoms. The van der Waals surface area contributed by atoms with Crippen molar-refractivity contribution in [3.63, 3.8) is 0 Å². The van der Waals surface area contributed by atoms with Gasteiger partial charge in [0, 0.05) is 17.2 Å². The maximum atomic E-state index is 12.6. The highest BCUT2D eigenvalue weighted by atomic mass is 16.5. The number of ketones is 1. The van der Waals surface area contributed by atoms with Crippen LogP contribution < -0.4 is 9.47 Å². The van der Waals surface area contributed by atoms with E-state index in [9.17, 15) is 4.79 Å². The van der Waals surface area contributed by atoms with E-state index in [0.717, 1.165) is 6.42 Å². The highest BCUT2D eigenvalue weighted by Gasteiger charge is 2.12. The molecule has 0 N–H and O–H groups in total. The van der Waals surface area contributed by atoms with Crippen molar-refractivity contribution in [2.75, 3.05) is 14.2 Å². The fourth-order valence-corrected chi connectivity index (χ4v) is 2.31. The third-order valence-electron chi connectivity index (χ3n) is 3.65. The number of carbonyl (C=O) groups excluding carboxylic acids is 1. The van der Waals surface area contributed by atoms with Gasteiger partial charge in [-0.3, -0.25) is 4.79 Å². The molecule has 0 radical (unpaired) electrons. The van der Waals surface area contributed by atoms with Gasteiger partial charge in [0.15, 0.2) is 5.78 Å². The van der Waals surface area contributed by atoms with Crippen LogP contribution in [0.1, 0.15) is 41.3 Å². The highest BCUT2D eigenvalue weighted by molar-refractivity contribution is 6.09. The molecule has 0 fully saturated rings. The Hall–Kier alpha value is -2.29. The third-order valence-corrected chi connectivity index (χ3v) is 3.65. The van der Waals surface area contributed by atoms with E-state index in [-0.39, 0.29) is 5.78 Å². The first-order chi connectivity index (χ1) is 10.7. The number of benzene rings is 2. The summed E-state index contributed by atoms with van der Waals surface area (Å²) >= 11 is 0. The molecule has 2 aromatic carbocycles. The smallest absolute Gasteiger partial charge is 0.193 e. The number of rotatable bonds is 7. The molecule has 0 aromatic heterocycles. The van der Waals surface area contributed by atoms with Gasteiger partial charge in [0.2, 0.25) is 0 Å². The van der Waals surface area contributed by atoms with Gasteiger partial charge in [-0.25, -0.2) is 0 Å². The van der Waals surface area contributed by atoms with Crippen molar-refractivity contribution in [2.45, 2.75) is 26.2 Å². The number of hydrogen-bond donors (Lipinski definition) is 0. The van der Waals surface area contributed by atoms with Crippen LogP contribution in [0.5, 0.6) is 11.5 Å². The number of hydrogen-bond acceptors (Lipinski definition) is 3. The van der Waals surface area contributed by atoms with Gasteiger partial charge in [0.1, 0.15) is 11.5 Å². The Kier molecular flexibility index (Phi) is 5.59. The summed E-state index contributed by atoms with van der Waals surface area (Å²) in [5.41, 5.74) is 2.51. The Balaban J connectivity index is 2.23. The van der Waals surface area contributed by atoms with Gasteiger partial charge in [-0.2, -0.15) is 0 Å². The molecule has 22 heavy (non-hydrogen) atoms. The Labute approximate surface area is 131 Å². The summed E-state index contributed by atoms with van der Waals surface area (Å²) in [6, 6.07) is 13.1. The van der Waals surface area contributed by atoms with Crippen molar-refractivity contribution in [2.24, 2.45) is 0 Å². The second kappa shape index (κ2) is 7.64. The van der Waals surface area contributed by atoms with Gasteiger partial charge < -0.3 is 9.47 Å². The van der Waals surface area contributed by atoms with Gasteiger partial charge in [-0.15, -0.1) is 0 Å². The molecule has 0 saturated heterocycles. The molecule has 116 valence electrons. The number of methoxy groups -OCH3 is 2. The lowest BCUT2D eigenvalue weighted by molar-refractivity contribution is 0.103. The molecule has 0 unspecified atom stereocenters. The van der Waals surface area contributed by atoms with Crippen LogP contribution in [0.3, 0.4) is 0 Å². The van der Waals surface area contributed by atoms with E-state index >= 15 is 0 Å². The molecular weight excluding hydrogens is 276 g/mol. The Bertz CT molecular complexity index is 607. The van der Waals surface area contributed by atoms with Crippen LogP contribution >= 0.6 is 0 Å². The minimum absolute atomic E-state index is 0.0285. The summed E-state index contributed by atoms with van der Waals surface area (Å²) in [4.78, 5) is 12.6. The van der Waals surface area contributed by atoms with E-state index < -0.39 is 0 Å². The molecule has 2 rings (SSSR count). The van der Waals surface area contributed by atoms with Crippen LogP contribution in [-0.4, -0.2) is 20.0 Å². The summed E-state index contributed by atoms with van der Waals surface area (Å²) in [6.07, 6.45) is 3.39. The monoisotopic (exact) mass is 298 g/mol. The largest absolute Gasteiger partial charge is 0.497 e. The predicted octanol–water partition coefficient (Wildman–Crippen LogP) is 4.28. The SMILES string of the molecule is CCCCc1ccc(C(=O)c2cc(OC)cc(OC)c2)cc1. The lowest BCUT2D eigenvalue weighted by atomic mass is 10.00. The molecule has 0 spiro atoms. The maximum Gasteiger partial charge on any atom is 0.193 e. The summed E-state index contributed by atoms with van der Waals surface area (Å²) in [7, 11) is 3.15. The van der Waals surface area contributed by atoms with E-state index in [2.05, 4.69) is 6.92 Å². The van der Waals surface area contributed by atoms with Crippen LogP contribution in [0.15, 0.2) is 42.5 Å². The van der Waals surface area contributed by atoms with Crippen LogP contribution in [0.2, 0.25) is 0 Å². The fourth-order valence-electron chi connectivity index (χ4n) is 2.31. The first-order valence-electron chi connectivity index (χ1n) is 7.54. The van der Waals surface area contributed by atoms with E-state index in [1.165, 1.54) is 18.4 Å². The Morgan fingerprint density at radius 1 is 0.909 bits per heavy atom. The molecule has 0 amide bonds. The zero-order chi connectivity index (χ0) is 15.9. The second-order valence-corrected chi connectivity index (χ2v) is 5.23. The van der Waals surface area contributed by atoms with Crippen molar-refractivity contribution >= 4 is 5.78 Å². The molecule has 0 saturated carbocycles. The van der Waals surface area contributed by atoms with E-state index in [1.54, 1.807) is 32.4 Å². The molecule has 0 heterocycles. The van der Waals surface area contributed by atoms with E-state index in [4.69, 9.17) is 9.47 Å². The first-order valence-corrected chi connectivity index (χ1v) is 7.54. The predicted molar refractivity (Wildman–Crippen MR) is 88.0 cm³/mol. The fraction of sp³-hybridized carbons (Fsp3) is 0.316. The van der Waals surface area contributed by atoms with Gasteiger partial charge in [0.25, 0.3) is 0 Å². The van der Waals surface area contributed by atoms with E-state index in [1.807, 2.05) is 24.3 Å². The summed E-state index contributed by atoms with van der Waals surface area (Å²) in [5.74, 6) is 1.20. The molecular formula is C19H22O3. The number of aryl methyl sites for hydroxylation is 1. The third kappa shape index (κ3) is 3.88. The average molecular weight is 298 g/mol. The van der Waals surface area contributed by atoms with Gasteiger partial charge in [0.05, 0.1) is 14.2 Å². The average Bonchev–Trinajstić information content (AvgIpc) is 2.59. The molecule has 0 atom stereocenters. The number of ether oxygens (including phenoxy) is 2. The van der Waals surface area contributed by atoms with Crippen LogP contribution in [0.25, 0.3) is 0 Å². The van der Waals surface area contributed by atoms with Crippen molar-refractivity contribution in [3.8, 4) is 11.5 Å². The van der Waals surface area contributed by atoms with Gasteiger partial charge in [-0.05, 0) is 30.5 Å². The minimum atomic E-state index is -0.0285. The number of unbranched alkanes of at least 4 members (excludes halogenated alkanes) is 1. The molecule has 0 aliphatic carbocycles. The summed E-state index contributed by atoms with van der Waals surface area (Å²) in [6.45, 7) is 2.17. The second-order valence-electron chi connectivity index (χ2n) is 5.23. The van der Waals surface area contributed by atoms with Crippen molar-refractivity contribution < 1.29 is 14.3 Å². The van der Waals surface area contributed by atoms with Crippen molar-refractivity contribution in [1.82, 2.24) is 0 Å². The van der Waals surface area contributed by atoms with Crippen LogP contribution in [0, 0.1) is 0 Å². The maximum absolute atomic E-state index is 12.6. The topological polar surface area (TPSA) is 35.5 Å². The molecule has 0 aliphatic rings. The standard InChI is InChI=1S/C19H22O3/c1-4-5-6-14-7-9-15(10-8-14)19(20)16-11-17(21-2)13-18(12-16)22-3/h7-13H,4-6H2,1-3H3. The molecule has 2 aromatic rings. The summed E-state index contributed by atoms with van der Waals surface area (Å²) < 4.78 is 10.4. The zero-order valence-corrected chi connectivity index (χ0v) is 13.4. The number of carbonyl (C=O) groups is 1. The Morgan fingerprint density at radius 2 is 1.50 bits per heavy atom. The van der Waals surface area contributed by atoms with Gasteiger partial charge in [-0.1, -0.05) is 37.6 Å². The van der Waals surface area contributed by atoms with E-state index in [0.29, 0.717) is 22.6 Å². The Morgan fingerprint density at radius 3 is 2.00 bits per heavy atom. The minimum Gasteiger partial charge on any atom is -0.497 e. The molecule has 3 nitrogen and oxygen atoms in total. The van der Waals surface area contributed by atoms with Crippen LogP contribution in [0.4, 0.5) is 0 Å². The lowest BCUT2D eigenvalue weighted by Gasteiger charge is -2.08. The lowest BCUT2D eigenvalue weighted by Crippen LogP contribution is -2.03. The first kappa shape index (κ1) is 16.1. The summed E-state index contributed by atoms with van der Waals surface area (Å²) in [5, 5.41) is 0.